The molecule has 1 rings (SSSR count). The first-order chi connectivity index (χ1) is 9.92. The Morgan fingerprint density at radius 1 is 1.05 bits per heavy atom. The standard InChI is InChI=1S/C19H33NO/c1-7-8-20-19(13-21-17(6)9-14(2)3)18-11-15(4)10-16(5)12-18/h10-12,14,17,19-20H,7-9,13H2,1-6H3. The molecule has 0 bridgehead atoms. The first-order valence-corrected chi connectivity index (χ1v) is 8.35. The molecule has 0 heterocycles. The second-order valence-electron chi connectivity index (χ2n) is 6.70. The van der Waals surface area contributed by atoms with Gasteiger partial charge in [-0.2, -0.15) is 0 Å². The van der Waals surface area contributed by atoms with Gasteiger partial charge in [0.2, 0.25) is 0 Å². The van der Waals surface area contributed by atoms with E-state index >= 15 is 0 Å². The zero-order chi connectivity index (χ0) is 15.8. The van der Waals surface area contributed by atoms with E-state index in [1.807, 2.05) is 0 Å². The summed E-state index contributed by atoms with van der Waals surface area (Å²) in [6, 6.07) is 7.06. The highest BCUT2D eigenvalue weighted by Crippen LogP contribution is 2.19. The van der Waals surface area contributed by atoms with Crippen LogP contribution < -0.4 is 5.32 Å². The molecular formula is C19H33NO. The summed E-state index contributed by atoms with van der Waals surface area (Å²) in [6.07, 6.45) is 2.58. The molecule has 0 aromatic heterocycles. The van der Waals surface area contributed by atoms with Gasteiger partial charge in [0.25, 0.3) is 0 Å². The number of rotatable bonds is 9. The molecule has 0 aliphatic rings. The molecule has 0 aliphatic carbocycles. The topological polar surface area (TPSA) is 21.3 Å². The van der Waals surface area contributed by atoms with E-state index in [2.05, 4.69) is 65.1 Å². The molecule has 0 saturated carbocycles. The van der Waals surface area contributed by atoms with E-state index < -0.39 is 0 Å². The first kappa shape index (κ1) is 18.2. The van der Waals surface area contributed by atoms with Crippen LogP contribution in [-0.4, -0.2) is 19.3 Å². The van der Waals surface area contributed by atoms with Crippen LogP contribution in [0.2, 0.25) is 0 Å². The molecule has 0 radical (unpaired) electrons. The van der Waals surface area contributed by atoms with E-state index in [1.165, 1.54) is 16.7 Å². The molecule has 0 spiro atoms. The van der Waals surface area contributed by atoms with Crippen LogP contribution in [0.25, 0.3) is 0 Å². The van der Waals surface area contributed by atoms with Gasteiger partial charge < -0.3 is 10.1 Å². The van der Waals surface area contributed by atoms with Gasteiger partial charge in [0.15, 0.2) is 0 Å². The lowest BCUT2D eigenvalue weighted by Crippen LogP contribution is -2.28. The fraction of sp³-hybridized carbons (Fsp3) is 0.684. The number of ether oxygens (including phenoxy) is 1. The molecular weight excluding hydrogens is 258 g/mol. The second kappa shape index (κ2) is 9.22. The highest BCUT2D eigenvalue weighted by Gasteiger charge is 2.14. The molecule has 2 nitrogen and oxygen atoms in total. The first-order valence-electron chi connectivity index (χ1n) is 8.35. The SMILES string of the molecule is CCCNC(COC(C)CC(C)C)c1cc(C)cc(C)c1. The number of nitrogens with one attached hydrogen (secondary N) is 1. The van der Waals surface area contributed by atoms with Crippen molar-refractivity contribution in [3.63, 3.8) is 0 Å². The molecule has 120 valence electrons. The number of benzene rings is 1. The van der Waals surface area contributed by atoms with Crippen LogP contribution in [-0.2, 0) is 4.74 Å². The fourth-order valence-corrected chi connectivity index (χ4v) is 2.80. The van der Waals surface area contributed by atoms with E-state index in [4.69, 9.17) is 4.74 Å². The number of hydrogen-bond donors (Lipinski definition) is 1. The number of hydrogen-bond acceptors (Lipinski definition) is 2. The van der Waals surface area contributed by atoms with Crippen LogP contribution in [0.15, 0.2) is 18.2 Å². The maximum Gasteiger partial charge on any atom is 0.0665 e. The minimum absolute atomic E-state index is 0.290. The predicted octanol–water partition coefficient (Wildman–Crippen LogP) is 4.80. The Bertz CT molecular complexity index is 394. The molecule has 2 heteroatoms. The summed E-state index contributed by atoms with van der Waals surface area (Å²) < 4.78 is 6.08. The molecule has 21 heavy (non-hydrogen) atoms. The van der Waals surface area contributed by atoms with Crippen molar-refractivity contribution in [2.75, 3.05) is 13.2 Å². The molecule has 1 aromatic carbocycles. The van der Waals surface area contributed by atoms with Crippen LogP contribution in [0, 0.1) is 19.8 Å². The van der Waals surface area contributed by atoms with Gasteiger partial charge in [0.1, 0.15) is 0 Å². The Labute approximate surface area is 131 Å². The van der Waals surface area contributed by atoms with Gasteiger partial charge in [-0.05, 0) is 51.6 Å². The summed E-state index contributed by atoms with van der Waals surface area (Å²) in [4.78, 5) is 0. The lowest BCUT2D eigenvalue weighted by atomic mass is 10.0. The summed E-state index contributed by atoms with van der Waals surface area (Å²) in [5, 5.41) is 3.62. The van der Waals surface area contributed by atoms with Crippen molar-refractivity contribution in [2.24, 2.45) is 5.92 Å². The maximum atomic E-state index is 6.08. The average Bonchev–Trinajstić information content (AvgIpc) is 2.36. The van der Waals surface area contributed by atoms with E-state index in [0.717, 1.165) is 26.0 Å². The van der Waals surface area contributed by atoms with E-state index in [9.17, 15) is 0 Å². The normalized spacial score (nSPS) is 14.4. The number of aryl methyl sites for hydroxylation is 2. The fourth-order valence-electron chi connectivity index (χ4n) is 2.80. The van der Waals surface area contributed by atoms with Gasteiger partial charge in [0, 0.05) is 0 Å². The smallest absolute Gasteiger partial charge is 0.0665 e. The summed E-state index contributed by atoms with van der Waals surface area (Å²) in [5.41, 5.74) is 3.99. The summed E-state index contributed by atoms with van der Waals surface area (Å²) in [5.74, 6) is 0.684. The Kier molecular flexibility index (Phi) is 7.98. The molecule has 0 amide bonds. The van der Waals surface area contributed by atoms with Gasteiger partial charge >= 0.3 is 0 Å². The van der Waals surface area contributed by atoms with Crippen LogP contribution >= 0.6 is 0 Å². The van der Waals surface area contributed by atoms with Crippen molar-refractivity contribution in [2.45, 2.75) is 66.5 Å². The zero-order valence-corrected chi connectivity index (χ0v) is 14.7. The summed E-state index contributed by atoms with van der Waals surface area (Å²) >= 11 is 0. The molecule has 2 unspecified atom stereocenters. The largest absolute Gasteiger partial charge is 0.377 e. The van der Waals surface area contributed by atoms with Crippen LogP contribution in [0.4, 0.5) is 0 Å². The maximum absolute atomic E-state index is 6.08. The molecule has 0 aliphatic heterocycles. The van der Waals surface area contributed by atoms with Crippen molar-refractivity contribution < 1.29 is 4.74 Å². The van der Waals surface area contributed by atoms with Gasteiger partial charge in [-0.15, -0.1) is 0 Å². The third kappa shape index (κ3) is 7.10. The van der Waals surface area contributed by atoms with Crippen LogP contribution in [0.3, 0.4) is 0 Å². The van der Waals surface area contributed by atoms with Crippen molar-refractivity contribution in [3.05, 3.63) is 34.9 Å². The zero-order valence-electron chi connectivity index (χ0n) is 14.7. The predicted molar refractivity (Wildman–Crippen MR) is 91.8 cm³/mol. The van der Waals surface area contributed by atoms with Gasteiger partial charge in [-0.1, -0.05) is 50.1 Å². The Morgan fingerprint density at radius 3 is 2.19 bits per heavy atom. The lowest BCUT2D eigenvalue weighted by molar-refractivity contribution is 0.0370. The monoisotopic (exact) mass is 291 g/mol. The van der Waals surface area contributed by atoms with Crippen LogP contribution in [0.1, 0.15) is 63.3 Å². The molecule has 2 atom stereocenters. The molecule has 1 aromatic rings. The minimum Gasteiger partial charge on any atom is -0.377 e. The Balaban J connectivity index is 2.70. The second-order valence-corrected chi connectivity index (χ2v) is 6.70. The third-order valence-corrected chi connectivity index (χ3v) is 3.64. The average molecular weight is 291 g/mol. The Morgan fingerprint density at radius 2 is 1.67 bits per heavy atom. The quantitative estimate of drug-likeness (QED) is 0.706. The highest BCUT2D eigenvalue weighted by molar-refractivity contribution is 5.30. The van der Waals surface area contributed by atoms with Crippen molar-refractivity contribution in [3.8, 4) is 0 Å². The summed E-state index contributed by atoms with van der Waals surface area (Å²) in [7, 11) is 0. The Hall–Kier alpha value is -0.860. The van der Waals surface area contributed by atoms with E-state index in [0.29, 0.717) is 12.0 Å². The van der Waals surface area contributed by atoms with Gasteiger partial charge in [0.05, 0.1) is 18.8 Å². The van der Waals surface area contributed by atoms with E-state index in [1.54, 1.807) is 0 Å². The third-order valence-electron chi connectivity index (χ3n) is 3.64. The molecule has 0 saturated heterocycles. The van der Waals surface area contributed by atoms with Crippen molar-refractivity contribution >= 4 is 0 Å². The van der Waals surface area contributed by atoms with E-state index in [-0.39, 0.29) is 6.04 Å². The lowest BCUT2D eigenvalue weighted by Gasteiger charge is -2.23. The molecule has 0 fully saturated rings. The van der Waals surface area contributed by atoms with Crippen LogP contribution in [0.5, 0.6) is 0 Å². The van der Waals surface area contributed by atoms with Gasteiger partial charge in [-0.3, -0.25) is 0 Å². The van der Waals surface area contributed by atoms with Gasteiger partial charge in [-0.25, -0.2) is 0 Å². The van der Waals surface area contributed by atoms with Crippen molar-refractivity contribution in [1.29, 1.82) is 0 Å². The van der Waals surface area contributed by atoms with Crippen molar-refractivity contribution in [1.82, 2.24) is 5.32 Å². The molecule has 1 N–H and O–H groups in total. The summed E-state index contributed by atoms with van der Waals surface area (Å²) in [6.45, 7) is 15.0. The minimum atomic E-state index is 0.290. The highest BCUT2D eigenvalue weighted by atomic mass is 16.5.